The molecule has 6 nitrogen and oxygen atoms in total. The molecule has 2 N–H and O–H groups in total. The monoisotopic (exact) mass is 339 g/mol. The fourth-order valence-corrected chi connectivity index (χ4v) is 3.37. The molecular formula is C19H25N5O. The highest BCUT2D eigenvalue weighted by atomic mass is 16.3. The zero-order chi connectivity index (χ0) is 17.8. The van der Waals surface area contributed by atoms with Crippen LogP contribution >= 0.6 is 0 Å². The Kier molecular flexibility index (Phi) is 3.61. The summed E-state index contributed by atoms with van der Waals surface area (Å²) in [6, 6.07) is 6.56. The van der Waals surface area contributed by atoms with Crippen LogP contribution in [0.3, 0.4) is 0 Å². The van der Waals surface area contributed by atoms with Crippen LogP contribution in [-0.2, 0) is 12.6 Å². The van der Waals surface area contributed by atoms with Gasteiger partial charge in [0.05, 0.1) is 28.5 Å². The second-order valence-corrected chi connectivity index (χ2v) is 7.60. The summed E-state index contributed by atoms with van der Waals surface area (Å²) in [6.07, 6.45) is 5.54. The second-order valence-electron chi connectivity index (χ2n) is 7.60. The molecule has 0 saturated heterocycles. The van der Waals surface area contributed by atoms with Gasteiger partial charge in [0.15, 0.2) is 5.82 Å². The first-order valence-electron chi connectivity index (χ1n) is 8.85. The SMILES string of the molecule is Cc1nn(C)cc1Nc1nn(C2CCC2)c2cc(C(C)(C)O)ccc12. The van der Waals surface area contributed by atoms with Gasteiger partial charge in [-0.1, -0.05) is 6.07 Å². The van der Waals surface area contributed by atoms with E-state index in [-0.39, 0.29) is 0 Å². The average Bonchev–Trinajstić information content (AvgIpc) is 2.97. The van der Waals surface area contributed by atoms with Crippen molar-refractivity contribution < 1.29 is 5.11 Å². The van der Waals surface area contributed by atoms with Crippen LogP contribution in [0.5, 0.6) is 0 Å². The maximum absolute atomic E-state index is 10.4. The van der Waals surface area contributed by atoms with Gasteiger partial charge in [0, 0.05) is 18.6 Å². The van der Waals surface area contributed by atoms with Crippen molar-refractivity contribution in [2.75, 3.05) is 5.32 Å². The van der Waals surface area contributed by atoms with E-state index >= 15 is 0 Å². The van der Waals surface area contributed by atoms with Crippen LogP contribution in [0.25, 0.3) is 10.9 Å². The first-order valence-corrected chi connectivity index (χ1v) is 8.85. The molecule has 132 valence electrons. The molecule has 0 amide bonds. The summed E-state index contributed by atoms with van der Waals surface area (Å²) in [6.45, 7) is 5.62. The van der Waals surface area contributed by atoms with E-state index in [0.717, 1.165) is 46.5 Å². The Morgan fingerprint density at radius 2 is 2.00 bits per heavy atom. The first kappa shape index (κ1) is 16.1. The molecule has 1 aliphatic rings. The zero-order valence-electron chi connectivity index (χ0n) is 15.2. The van der Waals surface area contributed by atoms with Crippen molar-refractivity contribution in [1.29, 1.82) is 0 Å². The Balaban J connectivity index is 1.83. The summed E-state index contributed by atoms with van der Waals surface area (Å²) < 4.78 is 3.93. The highest BCUT2D eigenvalue weighted by Gasteiger charge is 2.25. The van der Waals surface area contributed by atoms with E-state index < -0.39 is 5.60 Å². The first-order chi connectivity index (χ1) is 11.8. The molecule has 0 aliphatic heterocycles. The number of aryl methyl sites for hydroxylation is 2. The number of rotatable bonds is 4. The quantitative estimate of drug-likeness (QED) is 0.759. The van der Waals surface area contributed by atoms with E-state index in [1.807, 2.05) is 40.1 Å². The van der Waals surface area contributed by atoms with Crippen LogP contribution in [0.1, 0.15) is 50.4 Å². The molecule has 0 unspecified atom stereocenters. The van der Waals surface area contributed by atoms with Crippen molar-refractivity contribution in [3.63, 3.8) is 0 Å². The summed E-state index contributed by atoms with van der Waals surface area (Å²) in [4.78, 5) is 0. The van der Waals surface area contributed by atoms with E-state index in [1.165, 1.54) is 6.42 Å². The van der Waals surface area contributed by atoms with Crippen LogP contribution in [-0.4, -0.2) is 24.7 Å². The molecule has 2 heterocycles. The van der Waals surface area contributed by atoms with Crippen LogP contribution in [0, 0.1) is 6.92 Å². The topological polar surface area (TPSA) is 67.9 Å². The summed E-state index contributed by atoms with van der Waals surface area (Å²) in [7, 11) is 1.92. The number of anilines is 2. The number of benzene rings is 1. The molecule has 0 bridgehead atoms. The average molecular weight is 339 g/mol. The minimum Gasteiger partial charge on any atom is -0.386 e. The second kappa shape index (κ2) is 5.59. The van der Waals surface area contributed by atoms with Gasteiger partial charge >= 0.3 is 0 Å². The highest BCUT2D eigenvalue weighted by molar-refractivity contribution is 5.92. The molecule has 2 aromatic heterocycles. The van der Waals surface area contributed by atoms with Crippen LogP contribution in [0.4, 0.5) is 11.5 Å². The predicted octanol–water partition coefficient (Wildman–Crippen LogP) is 3.77. The fourth-order valence-electron chi connectivity index (χ4n) is 3.37. The number of nitrogens with one attached hydrogen (secondary N) is 1. The lowest BCUT2D eigenvalue weighted by molar-refractivity contribution is 0.0787. The normalized spacial score (nSPS) is 15.6. The number of hydrogen-bond acceptors (Lipinski definition) is 4. The third kappa shape index (κ3) is 2.80. The number of aliphatic hydroxyl groups is 1. The van der Waals surface area contributed by atoms with Gasteiger partial charge in [-0.05, 0) is 57.7 Å². The smallest absolute Gasteiger partial charge is 0.160 e. The largest absolute Gasteiger partial charge is 0.386 e. The number of nitrogens with zero attached hydrogens (tertiary/aromatic N) is 4. The van der Waals surface area contributed by atoms with Gasteiger partial charge in [-0.25, -0.2) is 0 Å². The number of hydrogen-bond donors (Lipinski definition) is 2. The van der Waals surface area contributed by atoms with E-state index in [2.05, 4.69) is 27.2 Å². The van der Waals surface area contributed by atoms with Crippen molar-refractivity contribution in [1.82, 2.24) is 19.6 Å². The highest BCUT2D eigenvalue weighted by Crippen LogP contribution is 2.38. The van der Waals surface area contributed by atoms with Crippen molar-refractivity contribution in [3.8, 4) is 0 Å². The van der Waals surface area contributed by atoms with Gasteiger partial charge in [0.2, 0.25) is 0 Å². The number of fused-ring (bicyclic) bond motifs is 1. The van der Waals surface area contributed by atoms with Gasteiger partial charge in [-0.2, -0.15) is 10.2 Å². The molecule has 1 aromatic carbocycles. The van der Waals surface area contributed by atoms with Gasteiger partial charge in [-0.3, -0.25) is 9.36 Å². The van der Waals surface area contributed by atoms with E-state index in [0.29, 0.717) is 6.04 Å². The molecule has 1 aliphatic carbocycles. The van der Waals surface area contributed by atoms with Crippen molar-refractivity contribution in [3.05, 3.63) is 35.7 Å². The van der Waals surface area contributed by atoms with E-state index in [1.54, 1.807) is 4.68 Å². The maximum Gasteiger partial charge on any atom is 0.160 e. The van der Waals surface area contributed by atoms with Gasteiger partial charge in [0.25, 0.3) is 0 Å². The molecule has 4 rings (SSSR count). The summed E-state index contributed by atoms with van der Waals surface area (Å²) in [5.41, 5.74) is 3.03. The molecule has 1 saturated carbocycles. The van der Waals surface area contributed by atoms with Crippen molar-refractivity contribution >= 4 is 22.4 Å². The summed E-state index contributed by atoms with van der Waals surface area (Å²) in [5, 5.41) is 24.1. The predicted molar refractivity (Wildman–Crippen MR) is 99.1 cm³/mol. The molecule has 0 spiro atoms. The van der Waals surface area contributed by atoms with Crippen LogP contribution in [0.2, 0.25) is 0 Å². The van der Waals surface area contributed by atoms with Gasteiger partial charge in [0.1, 0.15) is 0 Å². The Morgan fingerprint density at radius 1 is 1.24 bits per heavy atom. The maximum atomic E-state index is 10.4. The minimum absolute atomic E-state index is 0.449. The molecule has 1 fully saturated rings. The molecular weight excluding hydrogens is 314 g/mol. The summed E-state index contributed by atoms with van der Waals surface area (Å²) >= 11 is 0. The van der Waals surface area contributed by atoms with Gasteiger partial charge in [-0.15, -0.1) is 0 Å². The third-order valence-corrected chi connectivity index (χ3v) is 5.10. The zero-order valence-corrected chi connectivity index (χ0v) is 15.2. The molecule has 6 heteroatoms. The van der Waals surface area contributed by atoms with Crippen LogP contribution < -0.4 is 5.32 Å². The molecule has 3 aromatic rings. The third-order valence-electron chi connectivity index (χ3n) is 5.10. The van der Waals surface area contributed by atoms with E-state index in [4.69, 9.17) is 5.10 Å². The van der Waals surface area contributed by atoms with Crippen molar-refractivity contribution in [2.24, 2.45) is 7.05 Å². The lowest BCUT2D eigenvalue weighted by Crippen LogP contribution is -2.19. The summed E-state index contributed by atoms with van der Waals surface area (Å²) in [5.74, 6) is 0.847. The van der Waals surface area contributed by atoms with E-state index in [9.17, 15) is 5.11 Å². The lowest BCUT2D eigenvalue weighted by atomic mass is 9.92. The Hall–Kier alpha value is -2.34. The Morgan fingerprint density at radius 3 is 2.56 bits per heavy atom. The molecule has 25 heavy (non-hydrogen) atoms. The van der Waals surface area contributed by atoms with Crippen LogP contribution in [0.15, 0.2) is 24.4 Å². The Bertz CT molecular complexity index is 927. The minimum atomic E-state index is -0.865. The fraction of sp³-hybridized carbons (Fsp3) is 0.474. The molecule has 0 atom stereocenters. The standard InChI is InChI=1S/C19H25N5O/c1-12-16(11-23(4)21-12)20-18-15-9-8-13(19(2,3)25)10-17(15)24(22-18)14-6-5-7-14/h8-11,14,25H,5-7H2,1-4H3,(H,20,22). The number of aromatic nitrogens is 4. The molecule has 0 radical (unpaired) electrons. The Labute approximate surface area is 147 Å². The van der Waals surface area contributed by atoms with Crippen molar-refractivity contribution in [2.45, 2.75) is 51.7 Å². The lowest BCUT2D eigenvalue weighted by Gasteiger charge is -2.26. The van der Waals surface area contributed by atoms with Gasteiger partial charge < -0.3 is 10.4 Å².